The summed E-state index contributed by atoms with van der Waals surface area (Å²) in [4.78, 5) is 11.1. The number of aromatic nitrogens is 2. The third kappa shape index (κ3) is 3.15. The summed E-state index contributed by atoms with van der Waals surface area (Å²) < 4.78 is 27.0. The molecule has 0 spiro atoms. The van der Waals surface area contributed by atoms with Crippen molar-refractivity contribution < 1.29 is 13.2 Å². The quantitative estimate of drug-likeness (QED) is 0.794. The van der Waals surface area contributed by atoms with Crippen LogP contribution in [0.15, 0.2) is 35.4 Å². The van der Waals surface area contributed by atoms with Crippen LogP contribution in [0.4, 0.5) is 11.5 Å². The average molecular weight is 294 g/mol. The van der Waals surface area contributed by atoms with Gasteiger partial charge in [-0.3, -0.25) is 14.6 Å². The van der Waals surface area contributed by atoms with Crippen LogP contribution in [0, 0.1) is 6.92 Å². The van der Waals surface area contributed by atoms with E-state index in [1.807, 2.05) is 0 Å². The highest BCUT2D eigenvalue weighted by Crippen LogP contribution is 2.22. The Hall–Kier alpha value is -2.35. The smallest absolute Gasteiger partial charge is 0.263 e. The van der Waals surface area contributed by atoms with E-state index in [1.165, 1.54) is 25.3 Å². The number of anilines is 2. The van der Waals surface area contributed by atoms with E-state index in [2.05, 4.69) is 20.2 Å². The maximum Gasteiger partial charge on any atom is 0.263 e. The highest BCUT2D eigenvalue weighted by atomic mass is 32.2. The normalized spacial score (nSPS) is 11.1. The maximum atomic E-state index is 12.3. The number of H-pyrrole nitrogens is 1. The van der Waals surface area contributed by atoms with Gasteiger partial charge < -0.3 is 5.32 Å². The number of carbonyl (C=O) groups excluding carboxylic acids is 1. The van der Waals surface area contributed by atoms with Crippen molar-refractivity contribution in [3.05, 3.63) is 36.0 Å². The SMILES string of the molecule is CC(=O)Nc1ccc(C)c(S(=O)(=O)Nc2ccn[nH]2)c1. The molecule has 0 radical (unpaired) electrons. The Morgan fingerprint density at radius 2 is 2.05 bits per heavy atom. The van der Waals surface area contributed by atoms with Crippen molar-refractivity contribution in [1.29, 1.82) is 0 Å². The van der Waals surface area contributed by atoms with Crippen molar-refractivity contribution in [2.75, 3.05) is 10.0 Å². The summed E-state index contributed by atoms with van der Waals surface area (Å²) in [5.74, 6) is 0.00746. The predicted molar refractivity (Wildman–Crippen MR) is 74.9 cm³/mol. The zero-order chi connectivity index (χ0) is 14.8. The van der Waals surface area contributed by atoms with Crippen LogP contribution in [0.1, 0.15) is 12.5 Å². The predicted octanol–water partition coefficient (Wildman–Crippen LogP) is 1.48. The number of rotatable bonds is 4. The second-order valence-electron chi connectivity index (χ2n) is 4.24. The summed E-state index contributed by atoms with van der Waals surface area (Å²) in [7, 11) is -3.74. The number of carbonyl (C=O) groups is 1. The molecule has 2 aromatic rings. The number of aryl methyl sites for hydroxylation is 1. The van der Waals surface area contributed by atoms with Gasteiger partial charge in [0.2, 0.25) is 5.91 Å². The van der Waals surface area contributed by atoms with E-state index in [0.29, 0.717) is 11.3 Å². The molecule has 7 nitrogen and oxygen atoms in total. The minimum atomic E-state index is -3.74. The molecule has 1 heterocycles. The minimum Gasteiger partial charge on any atom is -0.326 e. The van der Waals surface area contributed by atoms with Gasteiger partial charge in [-0.25, -0.2) is 8.42 Å². The summed E-state index contributed by atoms with van der Waals surface area (Å²) in [6.07, 6.45) is 1.44. The largest absolute Gasteiger partial charge is 0.326 e. The number of hydrogen-bond acceptors (Lipinski definition) is 4. The van der Waals surface area contributed by atoms with Gasteiger partial charge in [-0.2, -0.15) is 5.10 Å². The van der Waals surface area contributed by atoms with Gasteiger partial charge in [-0.15, -0.1) is 0 Å². The molecule has 0 saturated carbocycles. The molecule has 1 amide bonds. The highest BCUT2D eigenvalue weighted by Gasteiger charge is 2.18. The fraction of sp³-hybridized carbons (Fsp3) is 0.167. The summed E-state index contributed by atoms with van der Waals surface area (Å²) in [5, 5.41) is 8.74. The van der Waals surface area contributed by atoms with Crippen molar-refractivity contribution in [1.82, 2.24) is 10.2 Å². The maximum absolute atomic E-state index is 12.3. The van der Waals surface area contributed by atoms with Gasteiger partial charge in [0.05, 0.1) is 11.1 Å². The molecule has 0 aliphatic rings. The summed E-state index contributed by atoms with van der Waals surface area (Å²) in [6.45, 7) is 3.04. The molecule has 0 atom stereocenters. The molecule has 0 aliphatic carbocycles. The fourth-order valence-electron chi connectivity index (χ4n) is 1.68. The summed E-state index contributed by atoms with van der Waals surface area (Å²) >= 11 is 0. The number of hydrogen-bond donors (Lipinski definition) is 3. The molecule has 8 heteroatoms. The molecular weight excluding hydrogens is 280 g/mol. The lowest BCUT2D eigenvalue weighted by atomic mass is 10.2. The van der Waals surface area contributed by atoms with Crippen molar-refractivity contribution in [2.45, 2.75) is 18.7 Å². The van der Waals surface area contributed by atoms with Crippen LogP contribution >= 0.6 is 0 Å². The first-order valence-electron chi connectivity index (χ1n) is 5.79. The van der Waals surface area contributed by atoms with Crippen LogP contribution < -0.4 is 10.0 Å². The van der Waals surface area contributed by atoms with Crippen molar-refractivity contribution in [3.63, 3.8) is 0 Å². The van der Waals surface area contributed by atoms with Crippen molar-refractivity contribution in [3.8, 4) is 0 Å². The van der Waals surface area contributed by atoms with Crippen LogP contribution in [0.5, 0.6) is 0 Å². The Labute approximate surface area is 116 Å². The summed E-state index contributed by atoms with van der Waals surface area (Å²) in [5.41, 5.74) is 0.999. The van der Waals surface area contributed by atoms with E-state index in [4.69, 9.17) is 0 Å². The van der Waals surface area contributed by atoms with E-state index >= 15 is 0 Å². The van der Waals surface area contributed by atoms with Gasteiger partial charge in [-0.05, 0) is 24.6 Å². The summed E-state index contributed by atoms with van der Waals surface area (Å²) in [6, 6.07) is 6.19. The number of nitrogens with zero attached hydrogens (tertiary/aromatic N) is 1. The molecule has 2 rings (SSSR count). The van der Waals surface area contributed by atoms with E-state index in [0.717, 1.165) is 0 Å². The number of nitrogens with one attached hydrogen (secondary N) is 3. The second-order valence-corrected chi connectivity index (χ2v) is 5.89. The molecule has 0 fully saturated rings. The molecular formula is C12H14N4O3S. The molecule has 20 heavy (non-hydrogen) atoms. The lowest BCUT2D eigenvalue weighted by Crippen LogP contribution is -2.15. The van der Waals surface area contributed by atoms with Gasteiger partial charge in [0.15, 0.2) is 0 Å². The zero-order valence-electron chi connectivity index (χ0n) is 11.0. The third-order valence-electron chi connectivity index (χ3n) is 2.54. The highest BCUT2D eigenvalue weighted by molar-refractivity contribution is 7.92. The number of aromatic amines is 1. The van der Waals surface area contributed by atoms with Crippen molar-refractivity contribution in [2.24, 2.45) is 0 Å². The standard InChI is InChI=1S/C12H14N4O3S/c1-8-3-4-10(14-9(2)17)7-11(8)20(18,19)16-12-5-6-13-15-12/h3-7H,1-2H3,(H,14,17)(H2,13,15,16). The minimum absolute atomic E-state index is 0.0957. The van der Waals surface area contributed by atoms with Gasteiger partial charge in [0.1, 0.15) is 5.82 Å². The molecule has 0 unspecified atom stereocenters. The lowest BCUT2D eigenvalue weighted by Gasteiger charge is -2.11. The van der Waals surface area contributed by atoms with E-state index in [9.17, 15) is 13.2 Å². The van der Waals surface area contributed by atoms with Gasteiger partial charge in [0.25, 0.3) is 10.0 Å². The molecule has 0 saturated heterocycles. The fourth-order valence-corrected chi connectivity index (χ4v) is 2.97. The van der Waals surface area contributed by atoms with Crippen LogP contribution in [0.25, 0.3) is 0 Å². The van der Waals surface area contributed by atoms with Gasteiger partial charge in [-0.1, -0.05) is 6.07 Å². The molecule has 0 aliphatic heterocycles. The average Bonchev–Trinajstić information content (AvgIpc) is 2.82. The first kappa shape index (κ1) is 14.1. The molecule has 1 aromatic heterocycles. The number of benzene rings is 1. The number of amides is 1. The monoisotopic (exact) mass is 294 g/mol. The number of sulfonamides is 1. The zero-order valence-corrected chi connectivity index (χ0v) is 11.8. The molecule has 1 aromatic carbocycles. The van der Waals surface area contributed by atoms with Crippen LogP contribution in [-0.2, 0) is 14.8 Å². The van der Waals surface area contributed by atoms with Crippen LogP contribution in [0.3, 0.4) is 0 Å². The van der Waals surface area contributed by atoms with E-state index in [-0.39, 0.29) is 16.6 Å². The van der Waals surface area contributed by atoms with Crippen molar-refractivity contribution >= 4 is 27.4 Å². The molecule has 0 bridgehead atoms. The Morgan fingerprint density at radius 3 is 2.65 bits per heavy atom. The first-order valence-corrected chi connectivity index (χ1v) is 7.27. The van der Waals surface area contributed by atoms with Crippen LogP contribution in [-0.4, -0.2) is 24.5 Å². The van der Waals surface area contributed by atoms with E-state index in [1.54, 1.807) is 19.1 Å². The molecule has 3 N–H and O–H groups in total. The topological polar surface area (TPSA) is 104 Å². The second kappa shape index (κ2) is 5.33. The van der Waals surface area contributed by atoms with Gasteiger partial charge in [0, 0.05) is 18.7 Å². The first-order chi connectivity index (χ1) is 9.38. The Bertz CT molecular complexity index is 723. The third-order valence-corrected chi connectivity index (χ3v) is 4.05. The van der Waals surface area contributed by atoms with E-state index < -0.39 is 10.0 Å². The Balaban J connectivity index is 2.37. The molecule has 106 valence electrons. The van der Waals surface area contributed by atoms with Gasteiger partial charge >= 0.3 is 0 Å². The Morgan fingerprint density at radius 1 is 1.30 bits per heavy atom. The van der Waals surface area contributed by atoms with Crippen LogP contribution in [0.2, 0.25) is 0 Å². The lowest BCUT2D eigenvalue weighted by molar-refractivity contribution is -0.114. The Kier molecular flexibility index (Phi) is 3.75.